The van der Waals surface area contributed by atoms with Crippen molar-refractivity contribution in [3.8, 4) is 0 Å². The summed E-state index contributed by atoms with van der Waals surface area (Å²) in [7, 11) is -0.712. The van der Waals surface area contributed by atoms with Gasteiger partial charge in [-0.2, -0.15) is 0 Å². The highest BCUT2D eigenvalue weighted by molar-refractivity contribution is 9.10. The number of hydrogen-bond acceptors (Lipinski definition) is 4. The van der Waals surface area contributed by atoms with Crippen LogP contribution in [0.15, 0.2) is 10.7 Å². The molecule has 6 heteroatoms. The van der Waals surface area contributed by atoms with Crippen molar-refractivity contribution in [1.29, 1.82) is 0 Å². The minimum Gasteiger partial charge on any atom is -0.370 e. The predicted octanol–water partition coefficient (Wildman–Crippen LogP) is 2.30. The Balaban J connectivity index is 1.89. The molecule has 1 aromatic rings. The molecular weight excluding hydrogens is 302 g/mol. The van der Waals surface area contributed by atoms with Crippen LogP contribution in [0.4, 0.5) is 5.82 Å². The van der Waals surface area contributed by atoms with Crippen LogP contribution in [0.2, 0.25) is 0 Å². The van der Waals surface area contributed by atoms with Gasteiger partial charge in [-0.05, 0) is 35.2 Å². The fourth-order valence-electron chi connectivity index (χ4n) is 1.54. The van der Waals surface area contributed by atoms with Gasteiger partial charge in [0.05, 0.1) is 0 Å². The Morgan fingerprint density at radius 3 is 2.94 bits per heavy atom. The Labute approximate surface area is 112 Å². The van der Waals surface area contributed by atoms with Crippen LogP contribution in [0.5, 0.6) is 0 Å². The van der Waals surface area contributed by atoms with Crippen molar-refractivity contribution in [2.75, 3.05) is 23.9 Å². The highest BCUT2D eigenvalue weighted by atomic mass is 79.9. The van der Waals surface area contributed by atoms with Gasteiger partial charge in [0.2, 0.25) is 0 Å². The highest BCUT2D eigenvalue weighted by Crippen LogP contribution is 2.38. The van der Waals surface area contributed by atoms with E-state index in [1.54, 1.807) is 6.26 Å². The zero-order valence-electron chi connectivity index (χ0n) is 9.78. The third-order valence-corrected chi connectivity index (χ3v) is 3.84. The smallest absolute Gasteiger partial charge is 0.135 e. The summed E-state index contributed by atoms with van der Waals surface area (Å²) in [6.45, 7) is 0.799. The molecular formula is C11H16BrN3OS. The second kappa shape index (κ2) is 5.91. The molecule has 1 fully saturated rings. The van der Waals surface area contributed by atoms with Crippen LogP contribution in [0.25, 0.3) is 0 Å². The van der Waals surface area contributed by atoms with Crippen LogP contribution >= 0.6 is 15.9 Å². The lowest BCUT2D eigenvalue weighted by atomic mass is 10.4. The minimum absolute atomic E-state index is 0.552. The van der Waals surface area contributed by atoms with Crippen LogP contribution in [-0.4, -0.2) is 32.7 Å². The molecule has 1 atom stereocenters. The van der Waals surface area contributed by atoms with Gasteiger partial charge in [-0.15, -0.1) is 0 Å². The number of aromatic nitrogens is 2. The maximum Gasteiger partial charge on any atom is 0.135 e. The average Bonchev–Trinajstić information content (AvgIpc) is 3.07. The van der Waals surface area contributed by atoms with E-state index in [2.05, 4.69) is 31.2 Å². The third-order valence-electron chi connectivity index (χ3n) is 2.57. The molecule has 1 aliphatic carbocycles. The number of halogens is 1. The molecule has 94 valence electrons. The lowest BCUT2D eigenvalue weighted by Crippen LogP contribution is -2.08. The van der Waals surface area contributed by atoms with Crippen LogP contribution in [0.1, 0.15) is 31.0 Å². The Hall–Kier alpha value is -0.490. The molecule has 1 N–H and O–H groups in total. The van der Waals surface area contributed by atoms with E-state index in [-0.39, 0.29) is 0 Å². The van der Waals surface area contributed by atoms with E-state index in [9.17, 15) is 4.21 Å². The van der Waals surface area contributed by atoms with Crippen LogP contribution in [-0.2, 0) is 10.8 Å². The quantitative estimate of drug-likeness (QED) is 0.646. The van der Waals surface area contributed by atoms with Gasteiger partial charge in [-0.25, -0.2) is 9.97 Å². The highest BCUT2D eigenvalue weighted by Gasteiger charge is 2.27. The molecule has 0 aromatic carbocycles. The SMILES string of the molecule is CS(=O)CCCNc1cc(Br)nc(C2CC2)n1. The van der Waals surface area contributed by atoms with E-state index in [1.807, 2.05) is 6.07 Å². The van der Waals surface area contributed by atoms with Gasteiger partial charge in [-0.3, -0.25) is 4.21 Å². The Morgan fingerprint density at radius 2 is 2.29 bits per heavy atom. The summed E-state index contributed by atoms with van der Waals surface area (Å²) in [5.74, 6) is 3.07. The molecule has 1 aliphatic rings. The van der Waals surface area contributed by atoms with Gasteiger partial charge in [-0.1, -0.05) is 0 Å². The van der Waals surface area contributed by atoms with Gasteiger partial charge >= 0.3 is 0 Å². The van der Waals surface area contributed by atoms with Crippen molar-refractivity contribution in [2.24, 2.45) is 0 Å². The molecule has 0 aliphatic heterocycles. The number of rotatable bonds is 6. The van der Waals surface area contributed by atoms with E-state index in [4.69, 9.17) is 0 Å². The molecule has 2 rings (SSSR count). The molecule has 0 saturated heterocycles. The molecule has 0 radical (unpaired) electrons. The van der Waals surface area contributed by atoms with Crippen molar-refractivity contribution in [1.82, 2.24) is 9.97 Å². The monoisotopic (exact) mass is 317 g/mol. The summed E-state index contributed by atoms with van der Waals surface area (Å²) < 4.78 is 11.7. The summed E-state index contributed by atoms with van der Waals surface area (Å²) in [5.41, 5.74) is 0. The Kier molecular flexibility index (Phi) is 4.50. The van der Waals surface area contributed by atoms with E-state index >= 15 is 0 Å². The Bertz CT molecular complexity index is 423. The fraction of sp³-hybridized carbons (Fsp3) is 0.636. The zero-order valence-corrected chi connectivity index (χ0v) is 12.2. The van der Waals surface area contributed by atoms with Crippen molar-refractivity contribution in [3.05, 3.63) is 16.5 Å². The molecule has 4 nitrogen and oxygen atoms in total. The van der Waals surface area contributed by atoms with Crippen molar-refractivity contribution in [3.63, 3.8) is 0 Å². The van der Waals surface area contributed by atoms with Gasteiger partial charge in [0.15, 0.2) is 0 Å². The molecule has 1 heterocycles. The molecule has 17 heavy (non-hydrogen) atoms. The summed E-state index contributed by atoms with van der Waals surface area (Å²) >= 11 is 3.40. The zero-order chi connectivity index (χ0) is 12.3. The maximum atomic E-state index is 10.9. The largest absolute Gasteiger partial charge is 0.370 e. The van der Waals surface area contributed by atoms with E-state index < -0.39 is 10.8 Å². The van der Waals surface area contributed by atoms with Crippen LogP contribution in [0.3, 0.4) is 0 Å². The second-order valence-electron chi connectivity index (χ2n) is 4.27. The van der Waals surface area contributed by atoms with E-state index in [1.165, 1.54) is 12.8 Å². The molecule has 0 spiro atoms. The average molecular weight is 318 g/mol. The molecule has 1 unspecified atom stereocenters. The first-order valence-electron chi connectivity index (χ1n) is 5.73. The van der Waals surface area contributed by atoms with Crippen LogP contribution in [0, 0.1) is 0 Å². The minimum atomic E-state index is -0.712. The maximum absolute atomic E-state index is 10.9. The van der Waals surface area contributed by atoms with Crippen molar-refractivity contribution >= 4 is 32.5 Å². The van der Waals surface area contributed by atoms with Gasteiger partial charge in [0.25, 0.3) is 0 Å². The second-order valence-corrected chi connectivity index (χ2v) is 6.63. The molecule has 0 bridgehead atoms. The normalized spacial score (nSPS) is 16.8. The van der Waals surface area contributed by atoms with Gasteiger partial charge in [0, 0.05) is 41.3 Å². The number of anilines is 1. The topological polar surface area (TPSA) is 54.9 Å². The first kappa shape index (κ1) is 13.0. The summed E-state index contributed by atoms with van der Waals surface area (Å²) in [6, 6.07) is 1.88. The van der Waals surface area contributed by atoms with Crippen molar-refractivity contribution < 1.29 is 4.21 Å². The summed E-state index contributed by atoms with van der Waals surface area (Å²) in [4.78, 5) is 8.85. The first-order valence-corrected chi connectivity index (χ1v) is 8.25. The lowest BCUT2D eigenvalue weighted by molar-refractivity contribution is 0.685. The fourth-order valence-corrected chi connectivity index (χ4v) is 2.49. The number of nitrogens with one attached hydrogen (secondary N) is 1. The van der Waals surface area contributed by atoms with Crippen molar-refractivity contribution in [2.45, 2.75) is 25.2 Å². The lowest BCUT2D eigenvalue weighted by Gasteiger charge is -2.07. The van der Waals surface area contributed by atoms with E-state index in [0.29, 0.717) is 5.92 Å². The molecule has 0 amide bonds. The Morgan fingerprint density at radius 1 is 1.53 bits per heavy atom. The molecule has 1 aromatic heterocycles. The summed E-state index contributed by atoms with van der Waals surface area (Å²) in [6.07, 6.45) is 5.02. The van der Waals surface area contributed by atoms with Crippen LogP contribution < -0.4 is 5.32 Å². The standard InChI is InChI=1S/C11H16BrN3OS/c1-17(16)6-2-5-13-10-7-9(12)14-11(15-10)8-3-4-8/h7-8H,2-6H2,1H3,(H,13,14,15). The predicted molar refractivity (Wildman–Crippen MR) is 73.7 cm³/mol. The first-order chi connectivity index (χ1) is 8.15. The third kappa shape index (κ3) is 4.35. The number of hydrogen-bond donors (Lipinski definition) is 1. The summed E-state index contributed by atoms with van der Waals surface area (Å²) in [5, 5.41) is 3.25. The number of nitrogens with zero attached hydrogens (tertiary/aromatic N) is 2. The van der Waals surface area contributed by atoms with Gasteiger partial charge in [0.1, 0.15) is 16.2 Å². The molecule has 1 saturated carbocycles. The van der Waals surface area contributed by atoms with E-state index in [0.717, 1.165) is 35.0 Å². The van der Waals surface area contributed by atoms with Gasteiger partial charge < -0.3 is 5.32 Å².